The maximum atomic E-state index is 6.26. The maximum Gasteiger partial charge on any atom is 0.157 e. The average Bonchev–Trinajstić information content (AvgIpc) is 3.21. The highest BCUT2D eigenvalue weighted by atomic mass is 35.5. The van der Waals surface area contributed by atoms with E-state index in [1.807, 2.05) is 24.0 Å². The molecule has 0 aromatic rings. The van der Waals surface area contributed by atoms with Crippen LogP contribution in [-0.4, -0.2) is 53.2 Å². The standard InChI is InChI=1S/C19H25ClN2O2S/c1-14-15(18-13-16-17(25-18)5-4-8-22(16)20)7-9-21(14)10-12-24-19-6-2-3-11-23-19/h4-5,7-8,13-14,18-19H,2-3,6,9-12H2,1H3. The molecule has 0 aromatic heterocycles. The van der Waals surface area contributed by atoms with Gasteiger partial charge >= 0.3 is 0 Å². The Labute approximate surface area is 159 Å². The van der Waals surface area contributed by atoms with Gasteiger partial charge in [-0.05, 0) is 50.0 Å². The molecule has 4 heterocycles. The molecule has 0 spiro atoms. The lowest BCUT2D eigenvalue weighted by atomic mass is 10.1. The number of fused-ring (bicyclic) bond motifs is 1. The first-order valence-electron chi connectivity index (χ1n) is 9.12. The number of ether oxygens (including phenoxy) is 2. The van der Waals surface area contributed by atoms with Gasteiger partial charge in [-0.3, -0.25) is 9.32 Å². The molecule has 0 aromatic carbocycles. The van der Waals surface area contributed by atoms with Gasteiger partial charge in [-0.25, -0.2) is 0 Å². The molecule has 3 unspecified atom stereocenters. The number of halogens is 1. The number of rotatable bonds is 5. The van der Waals surface area contributed by atoms with Crippen LogP contribution < -0.4 is 0 Å². The number of allylic oxidation sites excluding steroid dienone is 2. The Morgan fingerprint density at radius 2 is 2.32 bits per heavy atom. The van der Waals surface area contributed by atoms with Crippen LogP contribution in [0.15, 0.2) is 46.7 Å². The molecular formula is C19H25ClN2O2S. The lowest BCUT2D eigenvalue weighted by Crippen LogP contribution is -2.35. The topological polar surface area (TPSA) is 24.9 Å². The van der Waals surface area contributed by atoms with Gasteiger partial charge in [0.25, 0.3) is 0 Å². The highest BCUT2D eigenvalue weighted by Crippen LogP contribution is 2.45. The molecule has 0 bridgehead atoms. The lowest BCUT2D eigenvalue weighted by Gasteiger charge is -2.27. The number of hydrogen-bond donors (Lipinski definition) is 0. The molecule has 25 heavy (non-hydrogen) atoms. The molecule has 4 aliphatic heterocycles. The summed E-state index contributed by atoms with van der Waals surface area (Å²) in [5.41, 5.74) is 2.59. The molecule has 4 rings (SSSR count). The lowest BCUT2D eigenvalue weighted by molar-refractivity contribution is -0.164. The summed E-state index contributed by atoms with van der Waals surface area (Å²) in [4.78, 5) is 3.73. The third-order valence-electron chi connectivity index (χ3n) is 5.25. The third-order valence-corrected chi connectivity index (χ3v) is 6.81. The Balaban J connectivity index is 1.29. The summed E-state index contributed by atoms with van der Waals surface area (Å²) in [5, 5.41) is 0.380. The maximum absolute atomic E-state index is 6.26. The molecule has 0 saturated carbocycles. The van der Waals surface area contributed by atoms with Gasteiger partial charge in [0.05, 0.1) is 17.6 Å². The van der Waals surface area contributed by atoms with Crippen molar-refractivity contribution in [2.24, 2.45) is 0 Å². The van der Waals surface area contributed by atoms with Crippen molar-refractivity contribution in [3.63, 3.8) is 0 Å². The number of hydrogen-bond acceptors (Lipinski definition) is 5. The summed E-state index contributed by atoms with van der Waals surface area (Å²) in [7, 11) is 0. The zero-order chi connectivity index (χ0) is 17.2. The van der Waals surface area contributed by atoms with Gasteiger partial charge in [-0.15, -0.1) is 11.8 Å². The van der Waals surface area contributed by atoms with Crippen LogP contribution in [0.1, 0.15) is 26.2 Å². The molecule has 6 heteroatoms. The van der Waals surface area contributed by atoms with Crippen LogP contribution >= 0.6 is 23.5 Å². The highest BCUT2D eigenvalue weighted by Gasteiger charge is 2.34. The summed E-state index contributed by atoms with van der Waals surface area (Å²) in [6.07, 6.45) is 14.1. The molecular weight excluding hydrogens is 356 g/mol. The molecule has 1 saturated heterocycles. The number of thioether (sulfide) groups is 1. The Bertz CT molecular complexity index is 625. The van der Waals surface area contributed by atoms with Crippen LogP contribution in [-0.2, 0) is 9.47 Å². The van der Waals surface area contributed by atoms with Gasteiger partial charge in [0.1, 0.15) is 0 Å². The van der Waals surface area contributed by atoms with E-state index in [2.05, 4.69) is 30.1 Å². The minimum Gasteiger partial charge on any atom is -0.353 e. The minimum absolute atomic E-state index is 0.00600. The summed E-state index contributed by atoms with van der Waals surface area (Å²) in [6, 6.07) is 0.433. The molecule has 0 aliphatic carbocycles. The van der Waals surface area contributed by atoms with Crippen LogP contribution in [0.4, 0.5) is 0 Å². The second-order valence-corrected chi connectivity index (χ2v) is 8.36. The Kier molecular flexibility index (Phi) is 5.58. The molecule has 136 valence electrons. The zero-order valence-electron chi connectivity index (χ0n) is 14.6. The van der Waals surface area contributed by atoms with E-state index in [9.17, 15) is 0 Å². The van der Waals surface area contributed by atoms with E-state index < -0.39 is 0 Å². The van der Waals surface area contributed by atoms with Gasteiger partial charge in [0, 0.05) is 48.6 Å². The van der Waals surface area contributed by atoms with Crippen LogP contribution in [0.2, 0.25) is 0 Å². The Morgan fingerprint density at radius 3 is 3.12 bits per heavy atom. The van der Waals surface area contributed by atoms with Crippen molar-refractivity contribution in [2.75, 3.05) is 26.3 Å². The quantitative estimate of drug-likeness (QED) is 0.529. The second kappa shape index (κ2) is 7.89. The largest absolute Gasteiger partial charge is 0.353 e. The predicted molar refractivity (Wildman–Crippen MR) is 103 cm³/mol. The Hall–Kier alpha value is -0.720. The molecule has 4 nitrogen and oxygen atoms in total. The monoisotopic (exact) mass is 380 g/mol. The smallest absolute Gasteiger partial charge is 0.157 e. The third kappa shape index (κ3) is 3.86. The van der Waals surface area contributed by atoms with E-state index in [-0.39, 0.29) is 6.29 Å². The second-order valence-electron chi connectivity index (χ2n) is 6.82. The van der Waals surface area contributed by atoms with E-state index in [0.29, 0.717) is 11.3 Å². The summed E-state index contributed by atoms with van der Waals surface area (Å²) in [6.45, 7) is 5.81. The van der Waals surface area contributed by atoms with E-state index in [4.69, 9.17) is 21.3 Å². The van der Waals surface area contributed by atoms with Gasteiger partial charge in [0.15, 0.2) is 6.29 Å². The van der Waals surface area contributed by atoms with Gasteiger partial charge < -0.3 is 9.47 Å². The molecule has 0 N–H and O–H groups in total. The summed E-state index contributed by atoms with van der Waals surface area (Å²) >= 11 is 8.16. The minimum atomic E-state index is 0.00600. The van der Waals surface area contributed by atoms with Crippen molar-refractivity contribution >= 4 is 23.5 Å². The van der Waals surface area contributed by atoms with E-state index >= 15 is 0 Å². The van der Waals surface area contributed by atoms with Crippen molar-refractivity contribution in [2.45, 2.75) is 43.8 Å². The fourth-order valence-electron chi connectivity index (χ4n) is 3.75. The van der Waals surface area contributed by atoms with Gasteiger partial charge in [-0.1, -0.05) is 6.08 Å². The SMILES string of the molecule is CC1C(C2C=C3C(=CC=CN3Cl)S2)=CCN1CCOC1CCCCO1. The fraction of sp³-hybridized carbons (Fsp3) is 0.579. The van der Waals surface area contributed by atoms with E-state index in [1.165, 1.54) is 16.9 Å². The van der Waals surface area contributed by atoms with Crippen molar-refractivity contribution in [1.29, 1.82) is 0 Å². The normalized spacial score (nSPS) is 32.5. The van der Waals surface area contributed by atoms with Crippen LogP contribution in [0.5, 0.6) is 0 Å². The van der Waals surface area contributed by atoms with Crippen molar-refractivity contribution in [3.05, 3.63) is 46.7 Å². The van der Waals surface area contributed by atoms with Crippen molar-refractivity contribution < 1.29 is 9.47 Å². The summed E-state index contributed by atoms with van der Waals surface area (Å²) in [5.74, 6) is 0. The van der Waals surface area contributed by atoms with Crippen molar-refractivity contribution in [3.8, 4) is 0 Å². The molecule has 0 amide bonds. The van der Waals surface area contributed by atoms with Crippen LogP contribution in [0.25, 0.3) is 0 Å². The predicted octanol–water partition coefficient (Wildman–Crippen LogP) is 4.03. The van der Waals surface area contributed by atoms with Crippen LogP contribution in [0.3, 0.4) is 0 Å². The molecule has 4 aliphatic rings. The first kappa shape index (κ1) is 17.7. The highest BCUT2D eigenvalue weighted by molar-refractivity contribution is 8.04. The first-order valence-corrected chi connectivity index (χ1v) is 10.3. The molecule has 1 fully saturated rings. The summed E-state index contributed by atoms with van der Waals surface area (Å²) < 4.78 is 13.2. The first-order chi connectivity index (χ1) is 12.2. The average molecular weight is 381 g/mol. The van der Waals surface area contributed by atoms with E-state index in [0.717, 1.165) is 44.8 Å². The van der Waals surface area contributed by atoms with E-state index in [1.54, 1.807) is 4.42 Å². The fourth-order valence-corrected chi connectivity index (χ4v) is 5.36. The molecule has 0 radical (unpaired) electrons. The van der Waals surface area contributed by atoms with Crippen molar-refractivity contribution in [1.82, 2.24) is 9.32 Å². The zero-order valence-corrected chi connectivity index (χ0v) is 16.1. The molecule has 3 atom stereocenters. The number of nitrogens with zero attached hydrogens (tertiary/aromatic N) is 2. The van der Waals surface area contributed by atoms with Crippen LogP contribution in [0, 0.1) is 0 Å². The Morgan fingerprint density at radius 1 is 1.40 bits per heavy atom. The van der Waals surface area contributed by atoms with Gasteiger partial charge in [-0.2, -0.15) is 0 Å². The van der Waals surface area contributed by atoms with Gasteiger partial charge in [0.2, 0.25) is 0 Å².